The summed E-state index contributed by atoms with van der Waals surface area (Å²) in [5.41, 5.74) is 0.770. The maximum absolute atomic E-state index is 12.7. The maximum Gasteiger partial charge on any atom is 0.354 e. The van der Waals surface area contributed by atoms with Gasteiger partial charge in [-0.05, 0) is 25.8 Å². The lowest BCUT2D eigenvalue weighted by molar-refractivity contribution is 0.0589. The maximum atomic E-state index is 12.7. The Morgan fingerprint density at radius 2 is 1.78 bits per heavy atom. The minimum Gasteiger partial charge on any atom is -0.464 e. The highest BCUT2D eigenvalue weighted by Crippen LogP contribution is 2.23. The highest BCUT2D eigenvalue weighted by molar-refractivity contribution is 7.89. The smallest absolute Gasteiger partial charge is 0.354 e. The summed E-state index contributed by atoms with van der Waals surface area (Å²) in [4.78, 5) is 11.9. The van der Waals surface area contributed by atoms with E-state index in [1.54, 1.807) is 18.5 Å². The molecule has 23 heavy (non-hydrogen) atoms. The third-order valence-electron chi connectivity index (χ3n) is 4.60. The fourth-order valence-corrected chi connectivity index (χ4v) is 4.69. The predicted molar refractivity (Wildman–Crippen MR) is 87.9 cm³/mol. The van der Waals surface area contributed by atoms with Gasteiger partial charge in [0, 0.05) is 18.8 Å². The summed E-state index contributed by atoms with van der Waals surface area (Å²) in [7, 11) is -0.694. The molecule has 1 aliphatic rings. The van der Waals surface area contributed by atoms with Crippen LogP contribution in [-0.4, -0.2) is 32.1 Å². The number of ether oxygens (including phenoxy) is 1. The first kappa shape index (κ1) is 18.0. The van der Waals surface area contributed by atoms with Crippen molar-refractivity contribution < 1.29 is 17.9 Å². The van der Waals surface area contributed by atoms with Gasteiger partial charge in [-0.15, -0.1) is 0 Å². The van der Waals surface area contributed by atoms with Crippen LogP contribution in [0.1, 0.15) is 61.1 Å². The van der Waals surface area contributed by atoms with Crippen molar-refractivity contribution in [1.29, 1.82) is 0 Å². The van der Waals surface area contributed by atoms with Crippen molar-refractivity contribution in [3.05, 3.63) is 17.5 Å². The van der Waals surface area contributed by atoms with Crippen LogP contribution in [0, 0.1) is 6.92 Å². The molecule has 1 aliphatic carbocycles. The SMILES string of the molecule is COC(=O)c1cc(S(=O)(=O)NC2CCCCCCC2)c(C)n1C. The monoisotopic (exact) mass is 342 g/mol. The molecular weight excluding hydrogens is 316 g/mol. The molecule has 1 aromatic rings. The van der Waals surface area contributed by atoms with E-state index < -0.39 is 16.0 Å². The summed E-state index contributed by atoms with van der Waals surface area (Å²) >= 11 is 0. The Morgan fingerprint density at radius 1 is 1.22 bits per heavy atom. The van der Waals surface area contributed by atoms with Crippen LogP contribution in [0.5, 0.6) is 0 Å². The number of hydrogen-bond donors (Lipinski definition) is 1. The number of aromatic nitrogens is 1. The molecule has 0 amide bonds. The number of methoxy groups -OCH3 is 1. The highest BCUT2D eigenvalue weighted by atomic mass is 32.2. The van der Waals surface area contributed by atoms with Gasteiger partial charge in [0.25, 0.3) is 0 Å². The van der Waals surface area contributed by atoms with Gasteiger partial charge in [-0.1, -0.05) is 32.1 Å². The van der Waals surface area contributed by atoms with Crippen molar-refractivity contribution >= 4 is 16.0 Å². The zero-order valence-electron chi connectivity index (χ0n) is 14.1. The van der Waals surface area contributed by atoms with Gasteiger partial charge in [0.2, 0.25) is 10.0 Å². The molecule has 0 saturated heterocycles. The Balaban J connectivity index is 2.23. The van der Waals surface area contributed by atoms with Gasteiger partial charge in [0.1, 0.15) is 10.6 Å². The Kier molecular flexibility index (Phi) is 5.86. The van der Waals surface area contributed by atoms with Crippen LogP contribution in [0.15, 0.2) is 11.0 Å². The molecule has 1 heterocycles. The molecule has 0 atom stereocenters. The van der Waals surface area contributed by atoms with E-state index in [4.69, 9.17) is 4.74 Å². The minimum atomic E-state index is -3.64. The first-order chi connectivity index (χ1) is 10.9. The molecule has 1 fully saturated rings. The van der Waals surface area contributed by atoms with Crippen LogP contribution in [0.2, 0.25) is 0 Å². The van der Waals surface area contributed by atoms with E-state index in [9.17, 15) is 13.2 Å². The van der Waals surface area contributed by atoms with Crippen molar-refractivity contribution in [2.45, 2.75) is 62.8 Å². The molecule has 0 unspecified atom stereocenters. The van der Waals surface area contributed by atoms with Crippen LogP contribution < -0.4 is 4.72 Å². The first-order valence-corrected chi connectivity index (χ1v) is 9.62. The normalized spacial score (nSPS) is 17.5. The van der Waals surface area contributed by atoms with Gasteiger partial charge < -0.3 is 9.30 Å². The van der Waals surface area contributed by atoms with Gasteiger partial charge in [-0.2, -0.15) is 0 Å². The second kappa shape index (κ2) is 7.49. The average molecular weight is 342 g/mol. The number of nitrogens with zero attached hydrogens (tertiary/aromatic N) is 1. The molecule has 1 aromatic heterocycles. The second-order valence-corrected chi connectivity index (χ2v) is 7.88. The Morgan fingerprint density at radius 3 is 2.35 bits per heavy atom. The van der Waals surface area contributed by atoms with Gasteiger partial charge >= 0.3 is 5.97 Å². The second-order valence-electron chi connectivity index (χ2n) is 6.19. The average Bonchev–Trinajstić information content (AvgIpc) is 2.78. The van der Waals surface area contributed by atoms with E-state index in [-0.39, 0.29) is 16.6 Å². The third kappa shape index (κ3) is 4.14. The Bertz CT molecular complexity index is 656. The topological polar surface area (TPSA) is 77.4 Å². The lowest BCUT2D eigenvalue weighted by Crippen LogP contribution is -2.35. The molecule has 7 heteroatoms. The summed E-state index contributed by atoms with van der Waals surface area (Å²) in [5.74, 6) is -0.539. The number of rotatable bonds is 4. The van der Waals surface area contributed by atoms with Crippen molar-refractivity contribution in [1.82, 2.24) is 9.29 Å². The lowest BCUT2D eigenvalue weighted by atomic mass is 9.97. The summed E-state index contributed by atoms with van der Waals surface area (Å²) < 4.78 is 34.5. The summed E-state index contributed by atoms with van der Waals surface area (Å²) in [6.07, 6.45) is 7.40. The third-order valence-corrected chi connectivity index (χ3v) is 6.24. The van der Waals surface area contributed by atoms with Gasteiger partial charge in [0.15, 0.2) is 0 Å². The molecule has 0 bridgehead atoms. The van der Waals surface area contributed by atoms with Crippen LogP contribution >= 0.6 is 0 Å². The molecule has 0 spiro atoms. The lowest BCUT2D eigenvalue weighted by Gasteiger charge is -2.20. The van der Waals surface area contributed by atoms with Gasteiger partial charge in [0.05, 0.1) is 7.11 Å². The van der Waals surface area contributed by atoms with Gasteiger partial charge in [-0.25, -0.2) is 17.9 Å². The molecule has 0 aromatic carbocycles. The molecule has 1 N–H and O–H groups in total. The van der Waals surface area contributed by atoms with Crippen molar-refractivity contribution in [3.8, 4) is 0 Å². The number of esters is 1. The van der Waals surface area contributed by atoms with Crippen LogP contribution in [0.3, 0.4) is 0 Å². The van der Waals surface area contributed by atoms with Crippen molar-refractivity contribution in [2.24, 2.45) is 7.05 Å². The molecule has 2 rings (SSSR count). The van der Waals surface area contributed by atoms with E-state index in [0.717, 1.165) is 38.5 Å². The summed E-state index contributed by atoms with van der Waals surface area (Å²) in [6, 6.07) is 1.37. The Hall–Kier alpha value is -1.34. The van der Waals surface area contributed by atoms with Crippen molar-refractivity contribution in [3.63, 3.8) is 0 Å². The highest BCUT2D eigenvalue weighted by Gasteiger charge is 2.27. The first-order valence-electron chi connectivity index (χ1n) is 8.14. The molecule has 1 saturated carbocycles. The van der Waals surface area contributed by atoms with Gasteiger partial charge in [-0.3, -0.25) is 0 Å². The van der Waals surface area contributed by atoms with Crippen LogP contribution in [0.4, 0.5) is 0 Å². The number of carbonyl (C=O) groups is 1. The molecule has 130 valence electrons. The fraction of sp³-hybridized carbons (Fsp3) is 0.688. The largest absolute Gasteiger partial charge is 0.464 e. The zero-order valence-corrected chi connectivity index (χ0v) is 14.9. The van der Waals surface area contributed by atoms with E-state index in [2.05, 4.69) is 4.72 Å². The number of carbonyl (C=O) groups excluding carboxylic acids is 1. The quantitative estimate of drug-likeness (QED) is 0.853. The van der Waals surface area contributed by atoms with E-state index >= 15 is 0 Å². The minimum absolute atomic E-state index is 0.0264. The predicted octanol–water partition coefficient (Wildman–Crippen LogP) is 2.51. The summed E-state index contributed by atoms with van der Waals surface area (Å²) in [5, 5.41) is 0. The number of sulfonamides is 1. The number of nitrogens with one attached hydrogen (secondary N) is 1. The Labute approximate surface area is 138 Å². The molecule has 0 radical (unpaired) electrons. The standard InChI is InChI=1S/C16H26N2O4S/c1-12-15(11-14(18(12)2)16(19)22-3)23(20,21)17-13-9-7-5-4-6-8-10-13/h11,13,17H,4-10H2,1-3H3. The van der Waals surface area contributed by atoms with E-state index in [1.807, 2.05) is 0 Å². The van der Waals surface area contributed by atoms with Crippen LogP contribution in [-0.2, 0) is 21.8 Å². The zero-order chi connectivity index (χ0) is 17.0. The molecule has 0 aliphatic heterocycles. The fourth-order valence-electron chi connectivity index (χ4n) is 3.10. The molecule has 6 nitrogen and oxygen atoms in total. The van der Waals surface area contributed by atoms with E-state index in [0.29, 0.717) is 5.69 Å². The van der Waals surface area contributed by atoms with Crippen molar-refractivity contribution in [2.75, 3.05) is 7.11 Å². The van der Waals surface area contributed by atoms with E-state index in [1.165, 1.54) is 19.6 Å². The van der Waals surface area contributed by atoms with Crippen LogP contribution in [0.25, 0.3) is 0 Å². The summed E-state index contributed by atoms with van der Waals surface area (Å²) in [6.45, 7) is 1.69. The number of hydrogen-bond acceptors (Lipinski definition) is 4. The molecular formula is C16H26N2O4S.